The Labute approximate surface area is 182 Å². The van der Waals surface area contributed by atoms with Crippen molar-refractivity contribution in [3.63, 3.8) is 0 Å². The molecule has 2 heterocycles. The first-order valence-electron chi connectivity index (χ1n) is 10.6. The fourth-order valence-electron chi connectivity index (χ4n) is 3.56. The van der Waals surface area contributed by atoms with Gasteiger partial charge in [-0.1, -0.05) is 36.4 Å². The van der Waals surface area contributed by atoms with Crippen LogP contribution in [0.25, 0.3) is 0 Å². The number of amides is 1. The minimum atomic E-state index is 0.141. The van der Waals surface area contributed by atoms with Crippen LogP contribution in [0.5, 0.6) is 11.5 Å². The first-order chi connectivity index (χ1) is 15.3. The van der Waals surface area contributed by atoms with E-state index in [0.717, 1.165) is 22.8 Å². The van der Waals surface area contributed by atoms with Gasteiger partial charge in [0, 0.05) is 31.7 Å². The van der Waals surface area contributed by atoms with E-state index in [1.165, 1.54) is 0 Å². The van der Waals surface area contributed by atoms with Crippen LogP contribution >= 0.6 is 0 Å². The summed E-state index contributed by atoms with van der Waals surface area (Å²) in [4.78, 5) is 18.5. The van der Waals surface area contributed by atoms with Gasteiger partial charge in [0.15, 0.2) is 0 Å². The number of hydrogen-bond donors (Lipinski definition) is 1. The molecule has 1 aromatic heterocycles. The Morgan fingerprint density at radius 2 is 1.81 bits per heavy atom. The van der Waals surface area contributed by atoms with E-state index in [-0.39, 0.29) is 11.9 Å². The quantitative estimate of drug-likeness (QED) is 0.548. The smallest absolute Gasteiger partial charge is 0.224 e. The second-order valence-corrected chi connectivity index (χ2v) is 7.54. The standard InChI is InChI=1S/C25H27N3O3/c29-25-16-22(18-28(25)13-14-30-23-9-2-1-3-10-23)27-17-20-7-6-11-24(15-20)31-19-21-8-4-5-12-26-21/h1-12,15,22,27H,13-14,16-19H2. The summed E-state index contributed by atoms with van der Waals surface area (Å²) in [6.07, 6.45) is 2.28. The summed E-state index contributed by atoms with van der Waals surface area (Å²) in [5.74, 6) is 1.81. The van der Waals surface area contributed by atoms with Gasteiger partial charge in [-0.2, -0.15) is 0 Å². The van der Waals surface area contributed by atoms with Crippen LogP contribution in [0.3, 0.4) is 0 Å². The number of pyridine rings is 1. The normalized spacial score (nSPS) is 15.8. The highest BCUT2D eigenvalue weighted by Gasteiger charge is 2.28. The molecule has 2 aromatic carbocycles. The highest BCUT2D eigenvalue weighted by atomic mass is 16.5. The molecule has 3 aromatic rings. The Morgan fingerprint density at radius 1 is 0.968 bits per heavy atom. The Hall–Kier alpha value is -3.38. The summed E-state index contributed by atoms with van der Waals surface area (Å²) in [6.45, 7) is 2.93. The zero-order chi connectivity index (χ0) is 21.3. The largest absolute Gasteiger partial charge is 0.492 e. The number of rotatable bonds is 10. The van der Waals surface area contributed by atoms with Crippen LogP contribution in [-0.2, 0) is 17.9 Å². The lowest BCUT2D eigenvalue weighted by Crippen LogP contribution is -2.34. The van der Waals surface area contributed by atoms with Crippen molar-refractivity contribution in [1.82, 2.24) is 15.2 Å². The fraction of sp³-hybridized carbons (Fsp3) is 0.280. The Bertz CT molecular complexity index is 966. The first kappa shape index (κ1) is 20.9. The molecule has 160 valence electrons. The van der Waals surface area contributed by atoms with E-state index in [1.807, 2.05) is 71.6 Å². The maximum absolute atomic E-state index is 12.3. The van der Waals surface area contributed by atoms with E-state index in [4.69, 9.17) is 9.47 Å². The number of carbonyl (C=O) groups is 1. The average molecular weight is 418 g/mol. The van der Waals surface area contributed by atoms with Crippen LogP contribution in [0.1, 0.15) is 17.7 Å². The molecule has 1 N–H and O–H groups in total. The van der Waals surface area contributed by atoms with Gasteiger partial charge in [0.2, 0.25) is 5.91 Å². The lowest BCUT2D eigenvalue weighted by molar-refractivity contribution is -0.128. The van der Waals surface area contributed by atoms with Crippen LogP contribution in [0.4, 0.5) is 0 Å². The number of carbonyl (C=O) groups excluding carboxylic acids is 1. The highest BCUT2D eigenvalue weighted by Crippen LogP contribution is 2.17. The van der Waals surface area contributed by atoms with Crippen molar-refractivity contribution >= 4 is 5.91 Å². The molecule has 6 heteroatoms. The number of hydrogen-bond acceptors (Lipinski definition) is 5. The molecular weight excluding hydrogens is 390 g/mol. The second kappa shape index (κ2) is 10.6. The van der Waals surface area contributed by atoms with Gasteiger partial charge >= 0.3 is 0 Å². The lowest BCUT2D eigenvalue weighted by atomic mass is 10.2. The summed E-state index contributed by atoms with van der Waals surface area (Å²) >= 11 is 0. The third kappa shape index (κ3) is 6.30. The van der Waals surface area contributed by atoms with Crippen LogP contribution < -0.4 is 14.8 Å². The second-order valence-electron chi connectivity index (χ2n) is 7.54. The Kier molecular flexibility index (Phi) is 7.13. The third-order valence-corrected chi connectivity index (χ3v) is 5.19. The van der Waals surface area contributed by atoms with E-state index in [1.54, 1.807) is 6.20 Å². The highest BCUT2D eigenvalue weighted by molar-refractivity contribution is 5.79. The molecule has 0 aliphatic carbocycles. The maximum atomic E-state index is 12.3. The SMILES string of the molecule is O=C1CC(NCc2cccc(OCc3ccccn3)c2)CN1CCOc1ccccc1. The predicted octanol–water partition coefficient (Wildman–Crippen LogP) is 3.43. The molecule has 4 rings (SSSR count). The molecule has 1 saturated heterocycles. The fourth-order valence-corrected chi connectivity index (χ4v) is 3.56. The van der Waals surface area contributed by atoms with Crippen molar-refractivity contribution in [2.45, 2.75) is 25.6 Å². The van der Waals surface area contributed by atoms with Crippen molar-refractivity contribution in [1.29, 1.82) is 0 Å². The molecule has 0 bridgehead atoms. The molecule has 1 unspecified atom stereocenters. The molecule has 31 heavy (non-hydrogen) atoms. The van der Waals surface area contributed by atoms with Crippen LogP contribution in [0.15, 0.2) is 79.0 Å². The summed E-state index contributed by atoms with van der Waals surface area (Å²) in [6, 6.07) is 23.6. The number of benzene rings is 2. The molecule has 0 radical (unpaired) electrons. The zero-order valence-corrected chi connectivity index (χ0v) is 17.4. The minimum absolute atomic E-state index is 0.141. The molecule has 1 aliphatic heterocycles. The summed E-state index contributed by atoms with van der Waals surface area (Å²) in [5, 5.41) is 3.50. The number of nitrogens with zero attached hydrogens (tertiary/aromatic N) is 2. The van der Waals surface area contributed by atoms with Gasteiger partial charge in [0.25, 0.3) is 0 Å². The lowest BCUT2D eigenvalue weighted by Gasteiger charge is -2.17. The van der Waals surface area contributed by atoms with Crippen molar-refractivity contribution < 1.29 is 14.3 Å². The monoisotopic (exact) mass is 417 g/mol. The topological polar surface area (TPSA) is 63.7 Å². The van der Waals surface area contributed by atoms with Crippen molar-refractivity contribution in [2.75, 3.05) is 19.7 Å². The summed E-state index contributed by atoms with van der Waals surface area (Å²) in [7, 11) is 0. The van der Waals surface area contributed by atoms with Crippen molar-refractivity contribution in [3.05, 3.63) is 90.3 Å². The molecule has 1 amide bonds. The van der Waals surface area contributed by atoms with Gasteiger partial charge in [0.05, 0.1) is 12.2 Å². The number of ether oxygens (including phenoxy) is 2. The number of aromatic nitrogens is 1. The van der Waals surface area contributed by atoms with Crippen molar-refractivity contribution in [2.24, 2.45) is 0 Å². The number of para-hydroxylation sites is 1. The number of likely N-dealkylation sites (tertiary alicyclic amines) is 1. The minimum Gasteiger partial charge on any atom is -0.492 e. The molecule has 1 atom stereocenters. The van der Waals surface area contributed by atoms with E-state index in [9.17, 15) is 4.79 Å². The van der Waals surface area contributed by atoms with Gasteiger partial charge in [-0.15, -0.1) is 0 Å². The van der Waals surface area contributed by atoms with Gasteiger partial charge in [-0.05, 0) is 42.0 Å². The van der Waals surface area contributed by atoms with E-state index < -0.39 is 0 Å². The molecule has 1 aliphatic rings. The Morgan fingerprint density at radius 3 is 2.65 bits per heavy atom. The van der Waals surface area contributed by atoms with Gasteiger partial charge in [-0.25, -0.2) is 0 Å². The summed E-state index contributed by atoms with van der Waals surface area (Å²) < 4.78 is 11.6. The average Bonchev–Trinajstić information content (AvgIpc) is 3.17. The maximum Gasteiger partial charge on any atom is 0.224 e. The van der Waals surface area contributed by atoms with E-state index in [2.05, 4.69) is 16.4 Å². The van der Waals surface area contributed by atoms with Crippen molar-refractivity contribution in [3.8, 4) is 11.5 Å². The predicted molar refractivity (Wildman–Crippen MR) is 119 cm³/mol. The van der Waals surface area contributed by atoms with Crippen LogP contribution in [0, 0.1) is 0 Å². The first-order valence-corrected chi connectivity index (χ1v) is 10.6. The van der Waals surface area contributed by atoms with E-state index >= 15 is 0 Å². The molecular formula is C25H27N3O3. The summed E-state index contributed by atoms with van der Waals surface area (Å²) in [5.41, 5.74) is 2.02. The molecule has 6 nitrogen and oxygen atoms in total. The van der Waals surface area contributed by atoms with Gasteiger partial charge in [0.1, 0.15) is 24.7 Å². The van der Waals surface area contributed by atoms with Gasteiger partial charge in [-0.3, -0.25) is 9.78 Å². The van der Waals surface area contributed by atoms with Crippen LogP contribution in [-0.4, -0.2) is 41.5 Å². The number of nitrogens with one attached hydrogen (secondary N) is 1. The van der Waals surface area contributed by atoms with E-state index in [0.29, 0.717) is 39.3 Å². The zero-order valence-electron chi connectivity index (χ0n) is 17.4. The molecule has 1 fully saturated rings. The molecule has 0 spiro atoms. The molecule has 0 saturated carbocycles. The Balaban J connectivity index is 1.21. The third-order valence-electron chi connectivity index (χ3n) is 5.19. The van der Waals surface area contributed by atoms with Crippen LogP contribution in [0.2, 0.25) is 0 Å². The van der Waals surface area contributed by atoms with Gasteiger partial charge < -0.3 is 19.7 Å².